The highest BCUT2D eigenvalue weighted by Gasteiger charge is 2.38. The number of fused-ring (bicyclic) bond motifs is 1. The van der Waals surface area contributed by atoms with E-state index in [1.165, 1.54) is 0 Å². The van der Waals surface area contributed by atoms with E-state index in [4.69, 9.17) is 5.11 Å². The molecule has 0 radical (unpaired) electrons. The molecule has 4 nitrogen and oxygen atoms in total. The zero-order valence-electron chi connectivity index (χ0n) is 7.96. The van der Waals surface area contributed by atoms with Crippen LogP contribution in [0.1, 0.15) is 17.5 Å². The van der Waals surface area contributed by atoms with Crippen LogP contribution in [-0.4, -0.2) is 11.2 Å². The summed E-state index contributed by atoms with van der Waals surface area (Å²) in [6.07, 6.45) is -0.440. The molecular formula is C10H11FN2O2. The lowest BCUT2D eigenvalue weighted by molar-refractivity contribution is 0.0892. The molecule has 0 aromatic heterocycles. The van der Waals surface area contributed by atoms with Gasteiger partial charge in [-0.05, 0) is 12.0 Å². The topological polar surface area (TPSA) is 61.4 Å². The zero-order chi connectivity index (χ0) is 10.9. The van der Waals surface area contributed by atoms with Crippen LogP contribution in [0.3, 0.4) is 0 Å². The lowest BCUT2D eigenvalue weighted by Crippen LogP contribution is -2.48. The maximum absolute atomic E-state index is 14.2. The summed E-state index contributed by atoms with van der Waals surface area (Å²) < 4.78 is 14.2. The highest BCUT2D eigenvalue weighted by Crippen LogP contribution is 2.37. The fraction of sp³-hybridized carbons (Fsp3) is 0.300. The molecule has 1 atom stereocenters. The largest absolute Gasteiger partial charge is 0.464 e. The predicted octanol–water partition coefficient (Wildman–Crippen LogP) is 1.53. The molecule has 1 aromatic carbocycles. The second kappa shape index (κ2) is 3.51. The van der Waals surface area contributed by atoms with Gasteiger partial charge in [0, 0.05) is 12.0 Å². The molecule has 0 bridgehead atoms. The smallest absolute Gasteiger partial charge is 0.419 e. The number of aryl methyl sites for hydroxylation is 1. The van der Waals surface area contributed by atoms with Crippen LogP contribution >= 0.6 is 0 Å². The summed E-state index contributed by atoms with van der Waals surface area (Å²) in [5.41, 5.74) is 5.49. The number of halogens is 1. The van der Waals surface area contributed by atoms with E-state index in [0.717, 1.165) is 5.56 Å². The summed E-state index contributed by atoms with van der Waals surface area (Å²) in [7, 11) is 0. The number of carbonyl (C=O) groups is 1. The van der Waals surface area contributed by atoms with Crippen LogP contribution in [0, 0.1) is 0 Å². The van der Waals surface area contributed by atoms with Crippen molar-refractivity contribution in [1.29, 1.82) is 0 Å². The van der Waals surface area contributed by atoms with E-state index in [9.17, 15) is 9.18 Å². The van der Waals surface area contributed by atoms with Gasteiger partial charge < -0.3 is 5.11 Å². The number of carboxylic acid groups (broad SMARTS) is 1. The van der Waals surface area contributed by atoms with Crippen molar-refractivity contribution in [3.63, 3.8) is 0 Å². The lowest BCUT2D eigenvalue weighted by Gasteiger charge is -2.21. The van der Waals surface area contributed by atoms with E-state index in [0.29, 0.717) is 12.0 Å². The average molecular weight is 210 g/mol. The minimum atomic E-state index is -1.78. The van der Waals surface area contributed by atoms with Crippen molar-refractivity contribution in [2.24, 2.45) is 0 Å². The normalized spacial score (nSPS) is 23.5. The van der Waals surface area contributed by atoms with Crippen LogP contribution in [0.5, 0.6) is 0 Å². The molecule has 1 aliphatic carbocycles. The highest BCUT2D eigenvalue weighted by molar-refractivity contribution is 5.63. The Labute approximate surface area is 86.1 Å². The maximum Gasteiger partial charge on any atom is 0.419 e. The van der Waals surface area contributed by atoms with Crippen molar-refractivity contribution in [2.45, 2.75) is 18.6 Å². The molecule has 80 valence electrons. The number of benzene rings is 1. The van der Waals surface area contributed by atoms with Crippen molar-refractivity contribution < 1.29 is 14.3 Å². The molecule has 5 heteroatoms. The van der Waals surface area contributed by atoms with Gasteiger partial charge in [0.25, 0.3) is 0 Å². The molecule has 0 saturated heterocycles. The Kier molecular flexibility index (Phi) is 2.32. The van der Waals surface area contributed by atoms with Crippen LogP contribution in [-0.2, 0) is 12.2 Å². The SMILES string of the molecule is O=C(O)NNC1(F)CCc2ccccc21. The summed E-state index contributed by atoms with van der Waals surface area (Å²) in [5, 5.41) is 8.40. The average Bonchev–Trinajstić information content (AvgIpc) is 2.56. The van der Waals surface area contributed by atoms with E-state index in [1.807, 2.05) is 17.6 Å². The Morgan fingerprint density at radius 2 is 2.20 bits per heavy atom. The number of alkyl halides is 1. The summed E-state index contributed by atoms with van der Waals surface area (Å²) in [6, 6.07) is 7.09. The summed E-state index contributed by atoms with van der Waals surface area (Å²) >= 11 is 0. The molecule has 0 fully saturated rings. The van der Waals surface area contributed by atoms with E-state index in [1.54, 1.807) is 12.1 Å². The van der Waals surface area contributed by atoms with Crippen molar-refractivity contribution in [3.05, 3.63) is 35.4 Å². The van der Waals surface area contributed by atoms with Gasteiger partial charge in [0.1, 0.15) is 0 Å². The van der Waals surface area contributed by atoms with E-state index in [2.05, 4.69) is 5.43 Å². The van der Waals surface area contributed by atoms with Gasteiger partial charge in [-0.25, -0.2) is 9.18 Å². The fourth-order valence-corrected chi connectivity index (χ4v) is 1.85. The van der Waals surface area contributed by atoms with Gasteiger partial charge in [-0.2, -0.15) is 5.43 Å². The van der Waals surface area contributed by atoms with Crippen LogP contribution in [0.25, 0.3) is 0 Å². The maximum atomic E-state index is 14.2. The Morgan fingerprint density at radius 1 is 1.47 bits per heavy atom. The molecule has 0 saturated carbocycles. The van der Waals surface area contributed by atoms with Gasteiger partial charge in [0.2, 0.25) is 5.79 Å². The van der Waals surface area contributed by atoms with Crippen LogP contribution in [0.2, 0.25) is 0 Å². The van der Waals surface area contributed by atoms with Crippen LogP contribution in [0.15, 0.2) is 24.3 Å². The van der Waals surface area contributed by atoms with Gasteiger partial charge in [-0.3, -0.25) is 5.43 Å². The molecule has 0 aliphatic heterocycles. The van der Waals surface area contributed by atoms with Crippen molar-refractivity contribution in [1.82, 2.24) is 10.9 Å². The van der Waals surface area contributed by atoms with Crippen LogP contribution < -0.4 is 10.9 Å². The minimum absolute atomic E-state index is 0.243. The highest BCUT2D eigenvalue weighted by atomic mass is 19.1. The molecule has 1 unspecified atom stereocenters. The second-order valence-electron chi connectivity index (χ2n) is 3.51. The number of hydrogen-bond acceptors (Lipinski definition) is 2. The summed E-state index contributed by atoms with van der Waals surface area (Å²) in [6.45, 7) is 0. The first-order valence-electron chi connectivity index (χ1n) is 4.65. The zero-order valence-corrected chi connectivity index (χ0v) is 7.96. The lowest BCUT2D eigenvalue weighted by atomic mass is 10.1. The molecule has 1 amide bonds. The van der Waals surface area contributed by atoms with E-state index in [-0.39, 0.29) is 6.42 Å². The second-order valence-corrected chi connectivity index (χ2v) is 3.51. The van der Waals surface area contributed by atoms with E-state index < -0.39 is 11.9 Å². The Balaban J connectivity index is 2.21. The monoisotopic (exact) mass is 210 g/mol. The molecule has 0 spiro atoms. The predicted molar refractivity (Wildman–Crippen MR) is 51.8 cm³/mol. The third-order valence-corrected chi connectivity index (χ3v) is 2.55. The first-order chi connectivity index (χ1) is 7.12. The Bertz CT molecular complexity index is 397. The number of hydrazine groups is 1. The third kappa shape index (κ3) is 1.78. The third-order valence-electron chi connectivity index (χ3n) is 2.55. The van der Waals surface area contributed by atoms with Gasteiger partial charge in [0.15, 0.2) is 0 Å². The Hall–Kier alpha value is -1.62. The molecule has 0 heterocycles. The van der Waals surface area contributed by atoms with E-state index >= 15 is 0 Å². The number of amides is 1. The molecule has 1 aliphatic rings. The van der Waals surface area contributed by atoms with Gasteiger partial charge in [0.05, 0.1) is 0 Å². The standard InChI is InChI=1S/C10H11FN2O2/c11-10(13-12-9(14)15)6-5-7-3-1-2-4-8(7)10/h1-4,12-13H,5-6H2,(H,14,15). The first-order valence-corrected chi connectivity index (χ1v) is 4.65. The summed E-state index contributed by atoms with van der Waals surface area (Å²) in [5.74, 6) is -1.78. The summed E-state index contributed by atoms with van der Waals surface area (Å²) in [4.78, 5) is 10.3. The van der Waals surface area contributed by atoms with Crippen molar-refractivity contribution in [3.8, 4) is 0 Å². The minimum Gasteiger partial charge on any atom is -0.464 e. The first kappa shape index (κ1) is 9.92. The fourth-order valence-electron chi connectivity index (χ4n) is 1.85. The number of nitrogens with one attached hydrogen (secondary N) is 2. The molecular weight excluding hydrogens is 199 g/mol. The van der Waals surface area contributed by atoms with Crippen molar-refractivity contribution >= 4 is 6.09 Å². The van der Waals surface area contributed by atoms with Gasteiger partial charge in [-0.15, -0.1) is 0 Å². The van der Waals surface area contributed by atoms with Gasteiger partial charge >= 0.3 is 6.09 Å². The molecule has 15 heavy (non-hydrogen) atoms. The van der Waals surface area contributed by atoms with Gasteiger partial charge in [-0.1, -0.05) is 24.3 Å². The number of hydrogen-bond donors (Lipinski definition) is 3. The van der Waals surface area contributed by atoms with Crippen LogP contribution in [0.4, 0.5) is 9.18 Å². The molecule has 1 aromatic rings. The van der Waals surface area contributed by atoms with Crippen molar-refractivity contribution in [2.75, 3.05) is 0 Å². The molecule has 2 rings (SSSR count). The number of rotatable bonds is 2. The molecule has 3 N–H and O–H groups in total. The quantitative estimate of drug-likeness (QED) is 0.512. The Morgan fingerprint density at radius 3 is 2.93 bits per heavy atom.